The van der Waals surface area contributed by atoms with Gasteiger partial charge in [-0.05, 0) is 38.7 Å². The third kappa shape index (κ3) is 5.94. The quantitative estimate of drug-likeness (QED) is 0.307. The Balaban J connectivity index is 0.00000242. The highest BCUT2D eigenvalue weighted by atomic mass is 127. The molecule has 0 spiro atoms. The van der Waals surface area contributed by atoms with E-state index in [-0.39, 0.29) is 24.0 Å². The van der Waals surface area contributed by atoms with Gasteiger partial charge in [0.2, 0.25) is 0 Å². The molecule has 1 aromatic rings. The van der Waals surface area contributed by atoms with Crippen LogP contribution in [0.1, 0.15) is 31.4 Å². The Morgan fingerprint density at radius 2 is 2.32 bits per heavy atom. The van der Waals surface area contributed by atoms with E-state index in [0.29, 0.717) is 6.04 Å². The minimum atomic E-state index is 0. The monoisotopic (exact) mass is 438 g/mol. The van der Waals surface area contributed by atoms with E-state index in [9.17, 15) is 0 Å². The highest BCUT2D eigenvalue weighted by molar-refractivity contribution is 14.0. The zero-order chi connectivity index (χ0) is 15.1. The molecule has 1 aliphatic rings. The summed E-state index contributed by atoms with van der Waals surface area (Å²) in [5.74, 6) is 4.05. The van der Waals surface area contributed by atoms with Crippen LogP contribution >= 0.6 is 35.7 Å². The first-order valence-electron chi connectivity index (χ1n) is 7.67. The molecule has 0 amide bonds. The highest BCUT2D eigenvalue weighted by Crippen LogP contribution is 2.12. The molecule has 0 radical (unpaired) electrons. The molecule has 0 aliphatic carbocycles. The van der Waals surface area contributed by atoms with Crippen LogP contribution in [0.5, 0.6) is 0 Å². The topological polar surface area (TPSA) is 67.1 Å². The van der Waals surface area contributed by atoms with Gasteiger partial charge in [0, 0.05) is 25.6 Å². The average molecular weight is 438 g/mol. The van der Waals surface area contributed by atoms with Crippen LogP contribution < -0.4 is 10.6 Å². The molecule has 22 heavy (non-hydrogen) atoms. The Labute approximate surface area is 154 Å². The van der Waals surface area contributed by atoms with Gasteiger partial charge in [-0.15, -0.1) is 24.0 Å². The number of hydrogen-bond acceptors (Lipinski definition) is 4. The van der Waals surface area contributed by atoms with Crippen molar-refractivity contribution in [2.45, 2.75) is 45.7 Å². The number of aromatic nitrogens is 3. The summed E-state index contributed by atoms with van der Waals surface area (Å²) in [5, 5.41) is 11.3. The first-order chi connectivity index (χ1) is 10.2. The largest absolute Gasteiger partial charge is 0.357 e. The van der Waals surface area contributed by atoms with Crippen molar-refractivity contribution in [1.82, 2.24) is 25.4 Å². The summed E-state index contributed by atoms with van der Waals surface area (Å²) in [6.45, 7) is 6.67. The summed E-state index contributed by atoms with van der Waals surface area (Å²) < 4.78 is 2.02. The minimum Gasteiger partial charge on any atom is -0.357 e. The maximum atomic E-state index is 4.64. The van der Waals surface area contributed by atoms with Crippen LogP contribution in [0, 0.1) is 6.92 Å². The number of hydrogen-bond donors (Lipinski definition) is 2. The lowest BCUT2D eigenvalue weighted by Crippen LogP contribution is -2.47. The Morgan fingerprint density at radius 3 is 3.05 bits per heavy atom. The Bertz CT molecular complexity index is 476. The molecule has 0 saturated heterocycles. The molecule has 2 heterocycles. The summed E-state index contributed by atoms with van der Waals surface area (Å²) >= 11 is 1.87. The van der Waals surface area contributed by atoms with E-state index in [4.69, 9.17) is 0 Å². The van der Waals surface area contributed by atoms with E-state index in [1.54, 1.807) is 0 Å². The summed E-state index contributed by atoms with van der Waals surface area (Å²) in [6.07, 6.45) is 5.31. The van der Waals surface area contributed by atoms with E-state index >= 15 is 0 Å². The van der Waals surface area contributed by atoms with Crippen molar-refractivity contribution in [1.29, 1.82) is 0 Å². The molecule has 0 bridgehead atoms. The molecule has 126 valence electrons. The lowest BCUT2D eigenvalue weighted by molar-refractivity contribution is 0.392. The number of guanidine groups is 1. The maximum absolute atomic E-state index is 4.64. The minimum absolute atomic E-state index is 0. The number of nitrogens with zero attached hydrogens (tertiary/aromatic N) is 4. The van der Waals surface area contributed by atoms with Gasteiger partial charge in [-0.3, -0.25) is 4.99 Å². The smallest absolute Gasteiger partial charge is 0.191 e. The predicted octanol–water partition coefficient (Wildman–Crippen LogP) is 1.83. The summed E-state index contributed by atoms with van der Waals surface area (Å²) in [4.78, 5) is 9.09. The molecule has 1 unspecified atom stereocenters. The first kappa shape index (κ1) is 19.5. The molecule has 1 aromatic heterocycles. The molecule has 8 heteroatoms. The maximum Gasteiger partial charge on any atom is 0.191 e. The average Bonchev–Trinajstić information content (AvgIpc) is 2.83. The number of fused-ring (bicyclic) bond motifs is 1. The van der Waals surface area contributed by atoms with Crippen molar-refractivity contribution in [2.75, 3.05) is 25.1 Å². The van der Waals surface area contributed by atoms with Gasteiger partial charge in [-0.25, -0.2) is 9.67 Å². The second-order valence-electron chi connectivity index (χ2n) is 5.24. The van der Waals surface area contributed by atoms with E-state index in [0.717, 1.165) is 62.3 Å². The fourth-order valence-electron chi connectivity index (χ4n) is 2.46. The van der Waals surface area contributed by atoms with E-state index < -0.39 is 0 Å². The first-order valence-corrected chi connectivity index (χ1v) is 9.06. The SMILES string of the molecule is CCNC(=NCCCSC)NC1CCc2nc(C)nn2C1.I. The standard InChI is InChI=1S/C14H26N6S.HI/c1-4-15-14(16-8-5-9-21-3)18-12-6-7-13-17-11(2)19-20(13)10-12;/h12H,4-10H2,1-3H3,(H2,15,16,18);1H. The zero-order valence-corrected chi connectivity index (χ0v) is 16.8. The van der Waals surface area contributed by atoms with Gasteiger partial charge < -0.3 is 10.6 Å². The molecule has 0 saturated carbocycles. The number of thioether (sulfide) groups is 1. The van der Waals surface area contributed by atoms with Crippen molar-refractivity contribution >= 4 is 41.7 Å². The third-order valence-corrected chi connectivity index (χ3v) is 4.12. The Morgan fingerprint density at radius 1 is 1.50 bits per heavy atom. The van der Waals surface area contributed by atoms with Crippen molar-refractivity contribution in [3.05, 3.63) is 11.6 Å². The summed E-state index contributed by atoms with van der Waals surface area (Å²) in [6, 6.07) is 0.372. The lowest BCUT2D eigenvalue weighted by atomic mass is 10.1. The predicted molar refractivity (Wildman–Crippen MR) is 104 cm³/mol. The molecule has 2 rings (SSSR count). The molecular weight excluding hydrogens is 411 g/mol. The van der Waals surface area contributed by atoms with Crippen molar-refractivity contribution < 1.29 is 0 Å². The number of aliphatic imine (C=N–C) groups is 1. The van der Waals surface area contributed by atoms with Crippen LogP contribution in [0.2, 0.25) is 0 Å². The molecule has 0 fully saturated rings. The molecule has 0 aromatic carbocycles. The Kier molecular flexibility index (Phi) is 9.15. The molecular formula is C14H27IN6S. The van der Waals surface area contributed by atoms with Crippen molar-refractivity contribution in [3.63, 3.8) is 0 Å². The van der Waals surface area contributed by atoms with Gasteiger partial charge in [0.1, 0.15) is 11.6 Å². The van der Waals surface area contributed by atoms with Crippen molar-refractivity contribution in [2.24, 2.45) is 4.99 Å². The van der Waals surface area contributed by atoms with Gasteiger partial charge in [0.15, 0.2) is 5.96 Å². The normalized spacial score (nSPS) is 17.6. The van der Waals surface area contributed by atoms with Gasteiger partial charge in [0.05, 0.1) is 6.54 Å². The van der Waals surface area contributed by atoms with E-state index in [2.05, 4.69) is 38.9 Å². The molecule has 6 nitrogen and oxygen atoms in total. The fraction of sp³-hybridized carbons (Fsp3) is 0.786. The van der Waals surface area contributed by atoms with Crippen LogP contribution in [0.3, 0.4) is 0 Å². The Hall–Kier alpha value is -0.510. The molecule has 1 atom stereocenters. The lowest BCUT2D eigenvalue weighted by Gasteiger charge is -2.25. The number of halogens is 1. The van der Waals surface area contributed by atoms with Crippen molar-refractivity contribution in [3.8, 4) is 0 Å². The number of aryl methyl sites for hydroxylation is 2. The van der Waals surface area contributed by atoms with E-state index in [1.807, 2.05) is 23.4 Å². The van der Waals surface area contributed by atoms with Gasteiger partial charge in [-0.1, -0.05) is 0 Å². The zero-order valence-electron chi connectivity index (χ0n) is 13.6. The number of rotatable bonds is 6. The van der Waals surface area contributed by atoms with Crippen LogP contribution in [0.25, 0.3) is 0 Å². The second-order valence-corrected chi connectivity index (χ2v) is 6.23. The summed E-state index contributed by atoms with van der Waals surface area (Å²) in [7, 11) is 0. The third-order valence-electron chi connectivity index (χ3n) is 3.43. The van der Waals surface area contributed by atoms with Crippen LogP contribution in [0.4, 0.5) is 0 Å². The van der Waals surface area contributed by atoms with Gasteiger partial charge in [-0.2, -0.15) is 16.9 Å². The van der Waals surface area contributed by atoms with Gasteiger partial charge in [0.25, 0.3) is 0 Å². The summed E-state index contributed by atoms with van der Waals surface area (Å²) in [5.41, 5.74) is 0. The van der Waals surface area contributed by atoms with Crippen LogP contribution in [-0.4, -0.2) is 51.9 Å². The number of nitrogens with one attached hydrogen (secondary N) is 2. The van der Waals surface area contributed by atoms with Crippen LogP contribution in [-0.2, 0) is 13.0 Å². The van der Waals surface area contributed by atoms with E-state index in [1.165, 1.54) is 0 Å². The fourth-order valence-corrected chi connectivity index (χ4v) is 2.88. The second kappa shape index (κ2) is 10.3. The van der Waals surface area contributed by atoms with Gasteiger partial charge >= 0.3 is 0 Å². The van der Waals surface area contributed by atoms with Crippen LogP contribution in [0.15, 0.2) is 4.99 Å². The molecule has 2 N–H and O–H groups in total. The molecule has 1 aliphatic heterocycles. The highest BCUT2D eigenvalue weighted by Gasteiger charge is 2.21.